The first-order valence-corrected chi connectivity index (χ1v) is 9.48. The average Bonchev–Trinajstić information content (AvgIpc) is 2.99. The minimum absolute atomic E-state index is 0.205. The number of aryl methyl sites for hydroxylation is 1. The molecule has 1 heterocycles. The van der Waals surface area contributed by atoms with Gasteiger partial charge in [0.05, 0.1) is 18.7 Å². The number of carbonyl (C=O) groups is 2. The summed E-state index contributed by atoms with van der Waals surface area (Å²) in [5.74, 6) is -0.979. The molecule has 0 saturated carbocycles. The lowest BCUT2D eigenvalue weighted by atomic mass is 9.86. The lowest BCUT2D eigenvalue weighted by Crippen LogP contribution is -2.49. The van der Waals surface area contributed by atoms with Gasteiger partial charge in [-0.3, -0.25) is 9.48 Å². The van der Waals surface area contributed by atoms with Crippen LogP contribution in [0, 0.1) is 16.7 Å². The highest BCUT2D eigenvalue weighted by molar-refractivity contribution is 6.31. The lowest BCUT2D eigenvalue weighted by molar-refractivity contribution is -0.145. The van der Waals surface area contributed by atoms with E-state index < -0.39 is 23.3 Å². The monoisotopic (exact) mass is 404 g/mol. The van der Waals surface area contributed by atoms with Crippen molar-refractivity contribution in [2.75, 3.05) is 7.11 Å². The molecule has 7 nitrogen and oxygen atoms in total. The van der Waals surface area contributed by atoms with Gasteiger partial charge in [-0.15, -0.1) is 0 Å². The number of hydrogen-bond donors (Lipinski definition) is 1. The molecule has 150 valence electrons. The second kappa shape index (κ2) is 9.07. The Balaban J connectivity index is 2.36. The summed E-state index contributed by atoms with van der Waals surface area (Å²) in [7, 11) is 1.29. The molecule has 1 aromatic carbocycles. The predicted molar refractivity (Wildman–Crippen MR) is 107 cm³/mol. The molecule has 2 rings (SSSR count). The van der Waals surface area contributed by atoms with Crippen LogP contribution in [0.4, 0.5) is 0 Å². The van der Waals surface area contributed by atoms with Gasteiger partial charge in [-0.2, -0.15) is 10.4 Å². The van der Waals surface area contributed by atoms with Crippen molar-refractivity contribution >= 4 is 34.4 Å². The zero-order chi connectivity index (χ0) is 20.9. The van der Waals surface area contributed by atoms with E-state index in [1.54, 1.807) is 16.8 Å². The number of fused-ring (bicyclic) bond motifs is 1. The molecule has 1 unspecified atom stereocenters. The van der Waals surface area contributed by atoms with Crippen molar-refractivity contribution in [3.63, 3.8) is 0 Å². The topological polar surface area (TPSA) is 97.0 Å². The molecule has 2 aromatic rings. The number of nitrogens with zero attached hydrogens (tertiary/aromatic N) is 3. The Morgan fingerprint density at radius 2 is 2.07 bits per heavy atom. The minimum Gasteiger partial charge on any atom is -0.467 e. The highest BCUT2D eigenvalue weighted by Gasteiger charge is 2.34. The maximum absolute atomic E-state index is 13.0. The molecule has 0 bridgehead atoms. The summed E-state index contributed by atoms with van der Waals surface area (Å²) in [6.45, 7) is 6.11. The lowest BCUT2D eigenvalue weighted by Gasteiger charge is -2.28. The molecule has 0 fully saturated rings. The summed E-state index contributed by atoms with van der Waals surface area (Å²) in [4.78, 5) is 25.1. The molecule has 1 atom stereocenters. The molecule has 0 radical (unpaired) electrons. The Bertz CT molecular complexity index is 909. The van der Waals surface area contributed by atoms with Crippen LogP contribution >= 0.6 is 11.6 Å². The van der Waals surface area contributed by atoms with Gasteiger partial charge >= 0.3 is 5.97 Å². The van der Waals surface area contributed by atoms with Crippen molar-refractivity contribution in [1.29, 1.82) is 5.26 Å². The molecule has 1 aromatic heterocycles. The van der Waals surface area contributed by atoms with Crippen LogP contribution in [0.15, 0.2) is 18.2 Å². The van der Waals surface area contributed by atoms with E-state index in [4.69, 9.17) is 21.6 Å². The number of carbonyl (C=O) groups excluding carboxylic acids is 2. The van der Waals surface area contributed by atoms with Crippen molar-refractivity contribution < 1.29 is 14.3 Å². The van der Waals surface area contributed by atoms with Gasteiger partial charge in [-0.25, -0.2) is 4.79 Å². The van der Waals surface area contributed by atoms with Crippen LogP contribution in [0.3, 0.4) is 0 Å². The van der Waals surface area contributed by atoms with Gasteiger partial charge in [-0.1, -0.05) is 32.4 Å². The number of nitriles is 1. The fourth-order valence-electron chi connectivity index (χ4n) is 2.90. The molecule has 28 heavy (non-hydrogen) atoms. The Morgan fingerprint density at radius 1 is 1.36 bits per heavy atom. The highest BCUT2D eigenvalue weighted by Crippen LogP contribution is 2.25. The number of unbranched alkanes of at least 4 members (excludes halogenated alkanes) is 2. The molecular weight excluding hydrogens is 380 g/mol. The molecular formula is C20H25ClN4O3. The number of hydrogen-bond acceptors (Lipinski definition) is 5. The van der Waals surface area contributed by atoms with Crippen molar-refractivity contribution in [2.45, 2.75) is 52.6 Å². The fourth-order valence-corrected chi connectivity index (χ4v) is 3.07. The van der Waals surface area contributed by atoms with E-state index in [1.807, 2.05) is 26.8 Å². The third-order valence-electron chi connectivity index (χ3n) is 4.41. The van der Waals surface area contributed by atoms with E-state index in [9.17, 15) is 9.59 Å². The van der Waals surface area contributed by atoms with Gasteiger partial charge in [0, 0.05) is 23.4 Å². The summed E-state index contributed by atoms with van der Waals surface area (Å²) < 4.78 is 6.58. The van der Waals surface area contributed by atoms with Crippen LogP contribution in [0.2, 0.25) is 5.02 Å². The first kappa shape index (κ1) is 21.7. The summed E-state index contributed by atoms with van der Waals surface area (Å²) in [6.07, 6.45) is 1.99. The number of nitrogens with one attached hydrogen (secondary N) is 1. The predicted octanol–water partition coefficient (Wildman–Crippen LogP) is 3.70. The quantitative estimate of drug-likeness (QED) is 0.560. The van der Waals surface area contributed by atoms with Gasteiger partial charge in [-0.05, 0) is 36.5 Å². The molecule has 1 amide bonds. The summed E-state index contributed by atoms with van der Waals surface area (Å²) >= 11 is 6.12. The normalized spacial score (nSPS) is 12.4. The number of esters is 1. The largest absolute Gasteiger partial charge is 0.467 e. The van der Waals surface area contributed by atoms with E-state index in [1.165, 1.54) is 7.11 Å². The number of benzene rings is 1. The Morgan fingerprint density at radius 3 is 2.68 bits per heavy atom. The van der Waals surface area contributed by atoms with Gasteiger partial charge in [0.2, 0.25) is 0 Å². The number of aromatic nitrogens is 2. The van der Waals surface area contributed by atoms with Crippen LogP contribution in [-0.2, 0) is 16.1 Å². The molecule has 0 aliphatic carbocycles. The van der Waals surface area contributed by atoms with Crippen LogP contribution in [0.1, 0.15) is 50.5 Å². The highest BCUT2D eigenvalue weighted by atomic mass is 35.5. The first-order chi connectivity index (χ1) is 13.2. The van der Waals surface area contributed by atoms with Crippen LogP contribution < -0.4 is 5.32 Å². The third kappa shape index (κ3) is 5.02. The molecule has 0 aliphatic heterocycles. The second-order valence-electron chi connectivity index (χ2n) is 7.64. The molecule has 0 aliphatic rings. The van der Waals surface area contributed by atoms with E-state index in [2.05, 4.69) is 16.5 Å². The van der Waals surface area contributed by atoms with Gasteiger partial charge in [0.15, 0.2) is 5.69 Å². The Hall–Kier alpha value is -2.59. The van der Waals surface area contributed by atoms with E-state index in [0.717, 1.165) is 18.4 Å². The average molecular weight is 405 g/mol. The van der Waals surface area contributed by atoms with Crippen molar-refractivity contribution in [3.05, 3.63) is 28.9 Å². The smallest absolute Gasteiger partial charge is 0.328 e. The van der Waals surface area contributed by atoms with Gasteiger partial charge in [0.1, 0.15) is 6.04 Å². The Labute approximate surface area is 169 Å². The summed E-state index contributed by atoms with van der Waals surface area (Å²) in [5.41, 5.74) is 0.448. The van der Waals surface area contributed by atoms with Crippen molar-refractivity contribution in [3.8, 4) is 6.07 Å². The number of methoxy groups -OCH3 is 1. The zero-order valence-electron chi connectivity index (χ0n) is 16.6. The van der Waals surface area contributed by atoms with Crippen LogP contribution in [0.5, 0.6) is 0 Å². The van der Waals surface area contributed by atoms with Crippen LogP contribution in [0.25, 0.3) is 10.9 Å². The zero-order valence-corrected chi connectivity index (χ0v) is 17.3. The van der Waals surface area contributed by atoms with Crippen LogP contribution in [-0.4, -0.2) is 34.8 Å². The molecule has 8 heteroatoms. The third-order valence-corrected chi connectivity index (χ3v) is 4.65. The minimum atomic E-state index is -0.819. The number of amides is 1. The molecule has 1 N–H and O–H groups in total. The summed E-state index contributed by atoms with van der Waals surface area (Å²) in [6, 6.07) is 6.54. The van der Waals surface area contributed by atoms with E-state index in [-0.39, 0.29) is 5.69 Å². The number of rotatable bonds is 7. The SMILES string of the molecule is COC(=O)C(NC(=O)c1nn(CCCCC#N)c2ccc(Cl)cc12)C(C)(C)C. The molecule has 0 saturated heterocycles. The molecule has 0 spiro atoms. The van der Waals surface area contributed by atoms with Gasteiger partial charge < -0.3 is 10.1 Å². The van der Waals surface area contributed by atoms with Crippen molar-refractivity contribution in [2.24, 2.45) is 5.41 Å². The van der Waals surface area contributed by atoms with Gasteiger partial charge in [0.25, 0.3) is 5.91 Å². The second-order valence-corrected chi connectivity index (χ2v) is 8.08. The summed E-state index contributed by atoms with van der Waals surface area (Å²) in [5, 5.41) is 17.0. The maximum Gasteiger partial charge on any atom is 0.328 e. The maximum atomic E-state index is 13.0. The first-order valence-electron chi connectivity index (χ1n) is 9.10. The standard InChI is InChI=1S/C20H25ClN4O3/c1-20(2,3)17(19(27)28-4)23-18(26)16-14-12-13(21)8-9-15(14)25(24-16)11-7-5-6-10-22/h8-9,12,17H,5-7,11H2,1-4H3,(H,23,26). The van der Waals surface area contributed by atoms with Crippen molar-refractivity contribution in [1.82, 2.24) is 15.1 Å². The number of halogens is 1. The Kier molecular flexibility index (Phi) is 7.03. The number of ether oxygens (including phenoxy) is 1. The van der Waals surface area contributed by atoms with E-state index in [0.29, 0.717) is 23.4 Å². The fraction of sp³-hybridized carbons (Fsp3) is 0.500. The van der Waals surface area contributed by atoms with E-state index >= 15 is 0 Å².